The van der Waals surface area contributed by atoms with E-state index in [2.05, 4.69) is 0 Å². The number of carbonyl (C=O) groups excluding carboxylic acids is 2. The Bertz CT molecular complexity index is 1230. The number of carboxylic acids is 1. The van der Waals surface area contributed by atoms with E-state index >= 15 is 0 Å². The summed E-state index contributed by atoms with van der Waals surface area (Å²) in [4.78, 5) is 45.3. The smallest absolute Gasteiger partial charge is 0.303 e. The maximum absolute atomic E-state index is 13.8. The molecule has 2 aliphatic rings. The van der Waals surface area contributed by atoms with Crippen molar-refractivity contribution in [2.45, 2.75) is 58.9 Å². The predicted octanol–water partition coefficient (Wildman–Crippen LogP) is 5.51. The van der Waals surface area contributed by atoms with Crippen LogP contribution in [0.1, 0.15) is 64.5 Å². The zero-order valence-corrected chi connectivity index (χ0v) is 21.8. The van der Waals surface area contributed by atoms with Crippen molar-refractivity contribution in [1.82, 2.24) is 0 Å². The molecule has 1 saturated carbocycles. The van der Waals surface area contributed by atoms with Crippen molar-refractivity contribution in [3.05, 3.63) is 48.0 Å². The molecule has 0 radical (unpaired) electrons. The Hall–Kier alpha value is -3.68. The van der Waals surface area contributed by atoms with Gasteiger partial charge in [-0.15, -0.1) is 0 Å². The summed E-state index contributed by atoms with van der Waals surface area (Å²) in [5, 5.41) is 9.27. The molecule has 37 heavy (non-hydrogen) atoms. The number of carbonyl (C=O) groups is 3. The molecule has 1 heterocycles. The minimum absolute atomic E-state index is 0.00844. The Morgan fingerprint density at radius 2 is 1.86 bits per heavy atom. The third-order valence-corrected chi connectivity index (χ3v) is 6.83. The number of methoxy groups -OCH3 is 1. The third kappa shape index (κ3) is 5.53. The molecular weight excluding hydrogens is 472 g/mol. The lowest BCUT2D eigenvalue weighted by molar-refractivity contribution is -0.138. The summed E-state index contributed by atoms with van der Waals surface area (Å²) >= 11 is 0. The second kappa shape index (κ2) is 10.7. The fraction of sp³-hybridized carbons (Fsp3) is 0.448. The number of aliphatic carboxylic acids is 1. The van der Waals surface area contributed by atoms with Gasteiger partial charge in [-0.1, -0.05) is 39.0 Å². The number of para-hydroxylation sites is 2. The molecule has 2 unspecified atom stereocenters. The van der Waals surface area contributed by atoms with Crippen molar-refractivity contribution in [3.8, 4) is 11.5 Å². The Morgan fingerprint density at radius 1 is 1.11 bits per heavy atom. The van der Waals surface area contributed by atoms with E-state index in [4.69, 9.17) is 14.5 Å². The molecule has 196 valence electrons. The van der Waals surface area contributed by atoms with Gasteiger partial charge in [-0.2, -0.15) is 0 Å². The van der Waals surface area contributed by atoms with Gasteiger partial charge in [0.15, 0.2) is 11.5 Å². The van der Waals surface area contributed by atoms with Gasteiger partial charge in [-0.25, -0.2) is 0 Å². The van der Waals surface area contributed by atoms with E-state index in [-0.39, 0.29) is 29.9 Å². The summed E-state index contributed by atoms with van der Waals surface area (Å²) in [7, 11) is 1.55. The van der Waals surface area contributed by atoms with Crippen LogP contribution in [0.4, 0.5) is 11.4 Å². The zero-order valence-electron chi connectivity index (χ0n) is 21.8. The normalized spacial score (nSPS) is 20.3. The average Bonchev–Trinajstić information content (AvgIpc) is 2.99. The second-order valence-corrected chi connectivity index (χ2v) is 10.4. The first kappa shape index (κ1) is 26.4. The van der Waals surface area contributed by atoms with Crippen LogP contribution < -0.4 is 14.4 Å². The van der Waals surface area contributed by atoms with Gasteiger partial charge in [-0.3, -0.25) is 19.4 Å². The fourth-order valence-corrected chi connectivity index (χ4v) is 5.28. The maximum atomic E-state index is 13.8. The lowest BCUT2D eigenvalue weighted by atomic mass is 9.68. The van der Waals surface area contributed by atoms with E-state index in [0.717, 1.165) is 12.1 Å². The van der Waals surface area contributed by atoms with Gasteiger partial charge in [0.05, 0.1) is 43.5 Å². The zero-order chi connectivity index (χ0) is 26.7. The largest absolute Gasteiger partial charge is 0.493 e. The molecule has 0 saturated heterocycles. The second-order valence-electron chi connectivity index (χ2n) is 10.4. The molecule has 1 fully saturated rings. The summed E-state index contributed by atoms with van der Waals surface area (Å²) in [6.07, 6.45) is 1.30. The third-order valence-electron chi connectivity index (χ3n) is 6.83. The highest BCUT2D eigenvalue weighted by atomic mass is 16.5. The van der Waals surface area contributed by atoms with Gasteiger partial charge in [-0.05, 0) is 48.1 Å². The number of carboxylic acid groups (broad SMARTS) is 1. The standard InChI is InChI=1S/C29H34N2O6/c1-5-14-37-23-11-10-18(15-24(23)36-4)28-27-20(16-29(2,3)17-22(27)32)30-19-8-6-7-9-21(19)31(28)25(33)12-13-26(34)35/h6-11,15,27-28H,5,12-14,16-17H2,1-4H3,(H,34,35). The van der Waals surface area contributed by atoms with Crippen molar-refractivity contribution in [1.29, 1.82) is 0 Å². The van der Waals surface area contributed by atoms with Gasteiger partial charge in [0.1, 0.15) is 5.78 Å². The van der Waals surface area contributed by atoms with Crippen LogP contribution in [0, 0.1) is 11.3 Å². The predicted molar refractivity (Wildman–Crippen MR) is 141 cm³/mol. The van der Waals surface area contributed by atoms with E-state index in [1.54, 1.807) is 24.1 Å². The molecule has 0 spiro atoms. The number of anilines is 1. The number of rotatable bonds is 8. The first-order valence-electron chi connectivity index (χ1n) is 12.7. The quantitative estimate of drug-likeness (QED) is 0.506. The summed E-state index contributed by atoms with van der Waals surface area (Å²) in [5.41, 5.74) is 2.32. The minimum Gasteiger partial charge on any atom is -0.493 e. The minimum atomic E-state index is -1.06. The van der Waals surface area contributed by atoms with Crippen LogP contribution in [-0.2, 0) is 14.4 Å². The molecule has 2 aromatic carbocycles. The van der Waals surface area contributed by atoms with Crippen LogP contribution in [0.2, 0.25) is 0 Å². The van der Waals surface area contributed by atoms with Crippen LogP contribution in [0.15, 0.2) is 47.5 Å². The summed E-state index contributed by atoms with van der Waals surface area (Å²) in [5.74, 6) is -1.01. The van der Waals surface area contributed by atoms with Gasteiger partial charge in [0, 0.05) is 18.6 Å². The van der Waals surface area contributed by atoms with E-state index in [1.807, 2.05) is 51.1 Å². The van der Waals surface area contributed by atoms with Crippen LogP contribution in [0.5, 0.6) is 11.5 Å². The molecule has 1 aliphatic carbocycles. The molecule has 1 aliphatic heterocycles. The molecule has 1 N–H and O–H groups in total. The highest BCUT2D eigenvalue weighted by molar-refractivity contribution is 6.13. The Labute approximate surface area is 217 Å². The fourth-order valence-electron chi connectivity index (χ4n) is 5.28. The van der Waals surface area contributed by atoms with Crippen LogP contribution in [0.25, 0.3) is 0 Å². The number of ketones is 1. The summed E-state index contributed by atoms with van der Waals surface area (Å²) < 4.78 is 11.5. The van der Waals surface area contributed by atoms with Crippen molar-refractivity contribution in [2.75, 3.05) is 18.6 Å². The molecule has 2 aromatic rings. The van der Waals surface area contributed by atoms with E-state index in [1.165, 1.54) is 0 Å². The lowest BCUT2D eigenvalue weighted by Crippen LogP contribution is -2.47. The number of hydrogen-bond acceptors (Lipinski definition) is 6. The van der Waals surface area contributed by atoms with Crippen LogP contribution in [-0.4, -0.2) is 42.2 Å². The van der Waals surface area contributed by atoms with Crippen LogP contribution in [0.3, 0.4) is 0 Å². The number of amides is 1. The highest BCUT2D eigenvalue weighted by Gasteiger charge is 2.47. The number of fused-ring (bicyclic) bond motifs is 2. The molecule has 1 amide bonds. The lowest BCUT2D eigenvalue weighted by Gasteiger charge is -2.41. The number of benzene rings is 2. The molecular formula is C29H34N2O6. The van der Waals surface area contributed by atoms with Crippen molar-refractivity contribution in [2.24, 2.45) is 16.3 Å². The molecule has 0 aromatic heterocycles. The van der Waals surface area contributed by atoms with E-state index in [9.17, 15) is 19.5 Å². The van der Waals surface area contributed by atoms with Crippen molar-refractivity contribution in [3.63, 3.8) is 0 Å². The number of aliphatic imine (C=N–C) groups is 1. The molecule has 8 heteroatoms. The number of ether oxygens (including phenoxy) is 2. The first-order valence-corrected chi connectivity index (χ1v) is 12.7. The first-order chi connectivity index (χ1) is 17.6. The van der Waals surface area contributed by atoms with Gasteiger partial charge in [0.25, 0.3) is 0 Å². The monoisotopic (exact) mass is 506 g/mol. The number of Topliss-reactive ketones (excluding diaryl/α,β-unsaturated/α-hetero) is 1. The average molecular weight is 507 g/mol. The van der Waals surface area contributed by atoms with Gasteiger partial charge < -0.3 is 19.5 Å². The topological polar surface area (TPSA) is 106 Å². The Balaban J connectivity index is 1.92. The SMILES string of the molecule is CCCOc1ccc(C2C3C(=O)CC(C)(C)CC3=Nc3ccccc3N2C(=O)CCC(=O)O)cc1OC. The Morgan fingerprint density at radius 3 is 2.57 bits per heavy atom. The number of hydrogen-bond donors (Lipinski definition) is 1. The maximum Gasteiger partial charge on any atom is 0.303 e. The highest BCUT2D eigenvalue weighted by Crippen LogP contribution is 2.49. The van der Waals surface area contributed by atoms with Crippen LogP contribution >= 0.6 is 0 Å². The van der Waals surface area contributed by atoms with Crippen molar-refractivity contribution < 1.29 is 29.0 Å². The molecule has 4 rings (SSSR count). The molecule has 2 atom stereocenters. The molecule has 0 bridgehead atoms. The van der Waals surface area contributed by atoms with Crippen molar-refractivity contribution >= 4 is 34.7 Å². The van der Waals surface area contributed by atoms with Gasteiger partial charge >= 0.3 is 5.97 Å². The summed E-state index contributed by atoms with van der Waals surface area (Å²) in [6, 6.07) is 12.0. The summed E-state index contributed by atoms with van der Waals surface area (Å²) in [6.45, 7) is 6.64. The molecule has 8 nitrogen and oxygen atoms in total. The number of nitrogens with zero attached hydrogens (tertiary/aromatic N) is 2. The van der Waals surface area contributed by atoms with E-state index < -0.39 is 17.9 Å². The Kier molecular flexibility index (Phi) is 7.66. The van der Waals surface area contributed by atoms with E-state index in [0.29, 0.717) is 47.9 Å². The van der Waals surface area contributed by atoms with Gasteiger partial charge in [0.2, 0.25) is 5.91 Å².